The normalized spacial score (nSPS) is 27.5. The summed E-state index contributed by atoms with van der Waals surface area (Å²) in [5.41, 5.74) is 1.43. The van der Waals surface area contributed by atoms with Crippen LogP contribution in [0.4, 0.5) is 10.6 Å². The molecule has 5 rings (SSSR count). The first-order valence-corrected chi connectivity index (χ1v) is 12.3. The van der Waals surface area contributed by atoms with Crippen molar-refractivity contribution in [3.8, 4) is 0 Å². The Morgan fingerprint density at radius 2 is 1.97 bits per heavy atom. The number of aromatic nitrogens is 4. The quantitative estimate of drug-likeness (QED) is 0.387. The largest absolute Gasteiger partial charge is 0.756 e. The van der Waals surface area contributed by atoms with E-state index in [2.05, 4.69) is 30.1 Å². The van der Waals surface area contributed by atoms with Gasteiger partial charge < -0.3 is 33.8 Å². The number of phosphoric ester groups is 1. The molecule has 2 aliphatic heterocycles. The molecule has 3 N–H and O–H groups in total. The molecular formula is C20H22N6O8P-. The predicted molar refractivity (Wildman–Crippen MR) is 117 cm³/mol. The van der Waals surface area contributed by atoms with E-state index >= 15 is 0 Å². The van der Waals surface area contributed by atoms with E-state index < -0.39 is 51.3 Å². The van der Waals surface area contributed by atoms with Crippen LogP contribution in [0.1, 0.15) is 25.0 Å². The van der Waals surface area contributed by atoms with E-state index in [1.165, 1.54) is 12.7 Å². The Kier molecular flexibility index (Phi) is 6.51. The molecule has 0 spiro atoms. The first kappa shape index (κ1) is 23.8. The first-order valence-electron chi connectivity index (χ1n) is 10.8. The molecule has 2 amide bonds. The zero-order valence-corrected chi connectivity index (χ0v) is 19.3. The van der Waals surface area contributed by atoms with Crippen LogP contribution in [0, 0.1) is 0 Å². The van der Waals surface area contributed by atoms with Crippen LogP contribution in [0.25, 0.3) is 11.2 Å². The second kappa shape index (κ2) is 9.59. The number of hydrogen-bond donors (Lipinski definition) is 3. The summed E-state index contributed by atoms with van der Waals surface area (Å²) in [6, 6.07) is 8.78. The molecule has 0 bridgehead atoms. The van der Waals surface area contributed by atoms with Gasteiger partial charge in [-0.1, -0.05) is 30.3 Å². The van der Waals surface area contributed by atoms with E-state index in [-0.39, 0.29) is 5.82 Å². The number of amides is 2. The van der Waals surface area contributed by atoms with Gasteiger partial charge in [0.25, 0.3) is 7.82 Å². The Morgan fingerprint density at radius 1 is 1.20 bits per heavy atom. The summed E-state index contributed by atoms with van der Waals surface area (Å²) in [6.45, 7) is 1.74. The molecule has 4 heterocycles. The predicted octanol–water partition coefficient (Wildman–Crippen LogP) is 0.825. The maximum atomic E-state index is 12.0. The lowest BCUT2D eigenvalue weighted by Crippen LogP contribution is -2.32. The number of ether oxygens (including phenoxy) is 3. The highest BCUT2D eigenvalue weighted by Crippen LogP contribution is 2.46. The molecule has 0 aliphatic carbocycles. The lowest BCUT2D eigenvalue weighted by Gasteiger charge is -2.23. The van der Waals surface area contributed by atoms with Crippen molar-refractivity contribution in [1.29, 1.82) is 0 Å². The minimum Gasteiger partial charge on any atom is -0.756 e. The molecule has 15 heteroatoms. The maximum Gasteiger partial charge on any atom is 0.320 e. The van der Waals surface area contributed by atoms with E-state index in [4.69, 9.17) is 19.1 Å². The van der Waals surface area contributed by atoms with Crippen molar-refractivity contribution in [2.75, 3.05) is 18.5 Å². The number of nitrogens with one attached hydrogen (secondary N) is 2. The Bertz CT molecular complexity index is 1250. The molecule has 2 aromatic heterocycles. The minimum atomic E-state index is -4.99. The summed E-state index contributed by atoms with van der Waals surface area (Å²) >= 11 is 0. The number of anilines is 1. The van der Waals surface area contributed by atoms with Gasteiger partial charge in [0.1, 0.15) is 24.6 Å². The van der Waals surface area contributed by atoms with Crippen LogP contribution >= 0.6 is 7.82 Å². The summed E-state index contributed by atoms with van der Waals surface area (Å²) in [4.78, 5) is 44.9. The average molecular weight is 505 g/mol. The molecule has 1 aromatic carbocycles. The number of nitrogens with zero attached hydrogens (tertiary/aromatic N) is 4. The second-order valence-corrected chi connectivity index (χ2v) is 9.00. The number of phosphoric acid groups is 1. The van der Waals surface area contributed by atoms with Gasteiger partial charge in [0.05, 0.1) is 12.9 Å². The Balaban J connectivity index is 1.45. The number of carbonyl (C=O) groups is 1. The van der Waals surface area contributed by atoms with E-state index in [9.17, 15) is 14.3 Å². The average Bonchev–Trinajstić information content (AvgIpc) is 3.52. The fourth-order valence-corrected chi connectivity index (χ4v) is 4.41. The van der Waals surface area contributed by atoms with Crippen molar-refractivity contribution < 1.29 is 37.9 Å². The third kappa shape index (κ3) is 4.90. The van der Waals surface area contributed by atoms with Crippen LogP contribution in [0.5, 0.6) is 0 Å². The van der Waals surface area contributed by atoms with Gasteiger partial charge in [-0.2, -0.15) is 0 Å². The van der Waals surface area contributed by atoms with Crippen LogP contribution in [0.15, 0.2) is 43.0 Å². The van der Waals surface area contributed by atoms with Crippen molar-refractivity contribution in [2.45, 2.75) is 37.8 Å². The molecule has 14 nitrogen and oxygen atoms in total. The zero-order chi connectivity index (χ0) is 24.6. The van der Waals surface area contributed by atoms with Crippen LogP contribution in [-0.4, -0.2) is 61.9 Å². The zero-order valence-electron chi connectivity index (χ0n) is 18.4. The molecule has 6 atom stereocenters. The van der Waals surface area contributed by atoms with Crippen molar-refractivity contribution in [1.82, 2.24) is 24.8 Å². The Labute approximate surface area is 198 Å². The van der Waals surface area contributed by atoms with Gasteiger partial charge >= 0.3 is 6.03 Å². The lowest BCUT2D eigenvalue weighted by atomic mass is 10.1. The third-order valence-corrected chi connectivity index (χ3v) is 6.00. The summed E-state index contributed by atoms with van der Waals surface area (Å²) in [6.07, 6.45) is -1.13. The van der Waals surface area contributed by atoms with Crippen LogP contribution in [0.2, 0.25) is 0 Å². The number of imidazole rings is 1. The fourth-order valence-electron chi connectivity index (χ4n) is 4.07. The van der Waals surface area contributed by atoms with Crippen molar-refractivity contribution in [2.24, 2.45) is 0 Å². The van der Waals surface area contributed by atoms with Gasteiger partial charge in [-0.15, -0.1) is 0 Å². The molecule has 0 radical (unpaired) electrons. The molecule has 2 aliphatic rings. The summed E-state index contributed by atoms with van der Waals surface area (Å²) in [5, 5.41) is 5.24. The van der Waals surface area contributed by atoms with Gasteiger partial charge in [-0.25, -0.2) is 19.7 Å². The number of rotatable bonds is 7. The van der Waals surface area contributed by atoms with Crippen molar-refractivity contribution in [3.63, 3.8) is 0 Å². The van der Waals surface area contributed by atoms with Gasteiger partial charge in [0, 0.05) is 12.1 Å². The number of carbonyl (C=O) groups excluding carboxylic acids is 1. The number of fused-ring (bicyclic) bond motifs is 2. The monoisotopic (exact) mass is 505 g/mol. The molecule has 2 saturated heterocycles. The Morgan fingerprint density at radius 3 is 2.71 bits per heavy atom. The lowest BCUT2D eigenvalue weighted by molar-refractivity contribution is -0.224. The van der Waals surface area contributed by atoms with Crippen molar-refractivity contribution in [3.05, 3.63) is 48.5 Å². The molecular weight excluding hydrogens is 483 g/mol. The van der Waals surface area contributed by atoms with E-state index in [0.717, 1.165) is 5.56 Å². The van der Waals surface area contributed by atoms with Gasteiger partial charge in [0.15, 0.2) is 29.5 Å². The molecule has 186 valence electrons. The molecule has 3 unspecified atom stereocenters. The molecule has 3 aromatic rings. The highest BCUT2D eigenvalue weighted by Gasteiger charge is 2.54. The molecule has 2 fully saturated rings. The van der Waals surface area contributed by atoms with E-state index in [0.29, 0.717) is 17.7 Å². The highest BCUT2D eigenvalue weighted by atomic mass is 31.2. The van der Waals surface area contributed by atoms with Crippen molar-refractivity contribution >= 4 is 30.8 Å². The Hall–Kier alpha value is -2.97. The smallest absolute Gasteiger partial charge is 0.320 e. The SMILES string of the molecule is CCNC(=O)Nc1ncnc2c1ncn2[C@@H]1O[C@H](COP(=O)([O-])O)[C@@H]2OC(c3ccccc3)OC21. The highest BCUT2D eigenvalue weighted by molar-refractivity contribution is 7.44. The standard InChI is InChI=1S/C20H23N6O8P/c1-2-21-20(27)25-16-13-17(23-9-22-16)26(10-24-13)18-15-14(12(32-18)8-31-35(28,29)30)33-19(34-15)11-6-4-3-5-7-11/h3-7,9-10,12,14-15,18-19H,2,8H2,1H3,(H2,28,29,30)(H2,21,22,23,25,27)/p-1/t12-,14+,15?,18-,19?/m1/s1. The molecule has 35 heavy (non-hydrogen) atoms. The van der Waals surface area contributed by atoms with Gasteiger partial charge in [-0.3, -0.25) is 14.4 Å². The second-order valence-electron chi connectivity index (χ2n) is 7.80. The first-order chi connectivity index (χ1) is 16.8. The van der Waals surface area contributed by atoms with E-state index in [1.807, 2.05) is 30.3 Å². The van der Waals surface area contributed by atoms with E-state index in [1.54, 1.807) is 11.5 Å². The number of benzene rings is 1. The number of urea groups is 1. The van der Waals surface area contributed by atoms with Crippen LogP contribution in [0.3, 0.4) is 0 Å². The molecule has 0 saturated carbocycles. The topological polar surface area (TPSA) is 182 Å². The summed E-state index contributed by atoms with van der Waals surface area (Å²) < 4.78 is 35.6. The third-order valence-electron chi connectivity index (χ3n) is 5.52. The van der Waals surface area contributed by atoms with Crippen LogP contribution < -0.4 is 15.5 Å². The van der Waals surface area contributed by atoms with Gasteiger partial charge in [0.2, 0.25) is 0 Å². The minimum absolute atomic E-state index is 0.201. The number of hydrogen-bond acceptors (Lipinski definition) is 10. The van der Waals surface area contributed by atoms with Crippen LogP contribution in [-0.2, 0) is 23.3 Å². The maximum absolute atomic E-state index is 12.0. The summed E-state index contributed by atoms with van der Waals surface area (Å²) in [5.74, 6) is 0.201. The fraction of sp³-hybridized carbons (Fsp3) is 0.400. The summed E-state index contributed by atoms with van der Waals surface area (Å²) in [7, 11) is -4.99. The van der Waals surface area contributed by atoms with Gasteiger partial charge in [-0.05, 0) is 6.92 Å².